The van der Waals surface area contributed by atoms with Crippen LogP contribution in [0.25, 0.3) is 0 Å². The zero-order valence-corrected chi connectivity index (χ0v) is 10.4. The van der Waals surface area contributed by atoms with Gasteiger partial charge in [0.05, 0.1) is 24.5 Å². The molecule has 1 aromatic carbocycles. The molecule has 0 bridgehead atoms. The number of esters is 1. The Hall–Kier alpha value is -0.990. The standard InChI is InChI=1S/C10H8BrNO2S/c1-14-10(13)6-15-9-3-7(5-12)2-8(11)4-9/h2-4H,6H2,1H3. The molecule has 0 aliphatic carbocycles. The summed E-state index contributed by atoms with van der Waals surface area (Å²) in [6.07, 6.45) is 0. The number of carbonyl (C=O) groups excluding carboxylic acids is 1. The van der Waals surface area contributed by atoms with Crippen LogP contribution in [0.1, 0.15) is 5.56 Å². The Morgan fingerprint density at radius 2 is 2.33 bits per heavy atom. The number of benzene rings is 1. The lowest BCUT2D eigenvalue weighted by Gasteiger charge is -2.01. The number of ether oxygens (including phenoxy) is 1. The van der Waals surface area contributed by atoms with E-state index in [1.54, 1.807) is 12.1 Å². The van der Waals surface area contributed by atoms with Gasteiger partial charge in [0, 0.05) is 9.37 Å². The van der Waals surface area contributed by atoms with Gasteiger partial charge in [0.15, 0.2) is 0 Å². The molecule has 0 fully saturated rings. The molecule has 0 amide bonds. The Morgan fingerprint density at radius 1 is 1.60 bits per heavy atom. The van der Waals surface area contributed by atoms with Crippen molar-refractivity contribution < 1.29 is 9.53 Å². The number of methoxy groups -OCH3 is 1. The summed E-state index contributed by atoms with van der Waals surface area (Å²) in [4.78, 5) is 11.8. The van der Waals surface area contributed by atoms with Gasteiger partial charge in [0.25, 0.3) is 0 Å². The van der Waals surface area contributed by atoms with E-state index < -0.39 is 0 Å². The van der Waals surface area contributed by atoms with E-state index >= 15 is 0 Å². The number of halogens is 1. The van der Waals surface area contributed by atoms with Gasteiger partial charge in [-0.25, -0.2) is 0 Å². The summed E-state index contributed by atoms with van der Waals surface area (Å²) in [7, 11) is 1.35. The molecule has 0 aliphatic heterocycles. The van der Waals surface area contributed by atoms with Crippen molar-refractivity contribution in [2.45, 2.75) is 4.90 Å². The van der Waals surface area contributed by atoms with Gasteiger partial charge in [-0.3, -0.25) is 4.79 Å². The lowest BCUT2D eigenvalue weighted by atomic mass is 10.2. The second-order valence-corrected chi connectivity index (χ2v) is 4.62. The summed E-state index contributed by atoms with van der Waals surface area (Å²) in [6.45, 7) is 0. The molecule has 0 spiro atoms. The topological polar surface area (TPSA) is 50.1 Å². The molecule has 0 saturated carbocycles. The molecule has 1 aromatic rings. The average Bonchev–Trinajstić information content (AvgIpc) is 2.25. The molecule has 1 rings (SSSR count). The largest absolute Gasteiger partial charge is 0.468 e. The van der Waals surface area contributed by atoms with Crippen molar-refractivity contribution in [3.63, 3.8) is 0 Å². The van der Waals surface area contributed by atoms with E-state index in [0.29, 0.717) is 5.56 Å². The first kappa shape index (κ1) is 12.1. The molecule has 0 N–H and O–H groups in total. The Bertz CT molecular complexity index is 414. The van der Waals surface area contributed by atoms with E-state index in [2.05, 4.69) is 26.7 Å². The molecule has 0 aromatic heterocycles. The molecular formula is C10H8BrNO2S. The third kappa shape index (κ3) is 3.94. The van der Waals surface area contributed by atoms with Gasteiger partial charge < -0.3 is 4.74 Å². The lowest BCUT2D eigenvalue weighted by Crippen LogP contribution is -2.02. The number of hydrogen-bond donors (Lipinski definition) is 0. The van der Waals surface area contributed by atoms with Crippen LogP contribution in [0.15, 0.2) is 27.6 Å². The van der Waals surface area contributed by atoms with Crippen molar-refractivity contribution in [1.29, 1.82) is 5.26 Å². The second-order valence-electron chi connectivity index (χ2n) is 2.65. The Balaban J connectivity index is 2.74. The normalized spacial score (nSPS) is 9.40. The molecule has 78 valence electrons. The molecule has 0 radical (unpaired) electrons. The van der Waals surface area contributed by atoms with E-state index in [4.69, 9.17) is 5.26 Å². The first-order valence-corrected chi connectivity index (χ1v) is 5.84. The van der Waals surface area contributed by atoms with Gasteiger partial charge in [-0.1, -0.05) is 15.9 Å². The first-order valence-electron chi connectivity index (χ1n) is 4.06. The Kier molecular flexibility index (Phi) is 4.66. The van der Waals surface area contributed by atoms with Crippen LogP contribution in [0.5, 0.6) is 0 Å². The second kappa shape index (κ2) is 5.79. The average molecular weight is 286 g/mol. The van der Waals surface area contributed by atoms with Crippen molar-refractivity contribution in [1.82, 2.24) is 0 Å². The molecule has 0 aliphatic rings. The number of hydrogen-bond acceptors (Lipinski definition) is 4. The van der Waals surface area contributed by atoms with E-state index in [1.165, 1.54) is 18.9 Å². The highest BCUT2D eigenvalue weighted by Crippen LogP contribution is 2.24. The van der Waals surface area contributed by atoms with Crippen LogP contribution in [-0.4, -0.2) is 18.8 Å². The molecule has 3 nitrogen and oxygen atoms in total. The maximum atomic E-state index is 10.9. The van der Waals surface area contributed by atoms with Crippen molar-refractivity contribution in [2.75, 3.05) is 12.9 Å². The molecule has 0 heterocycles. The third-order valence-corrected chi connectivity index (χ3v) is 2.99. The van der Waals surface area contributed by atoms with Crippen LogP contribution >= 0.6 is 27.7 Å². The van der Waals surface area contributed by atoms with Crippen molar-refractivity contribution >= 4 is 33.7 Å². The van der Waals surface area contributed by atoms with Gasteiger partial charge in [-0.15, -0.1) is 11.8 Å². The Morgan fingerprint density at radius 3 is 2.93 bits per heavy atom. The minimum Gasteiger partial charge on any atom is -0.468 e. The van der Waals surface area contributed by atoms with Crippen LogP contribution in [0.2, 0.25) is 0 Å². The van der Waals surface area contributed by atoms with Crippen molar-refractivity contribution in [3.8, 4) is 6.07 Å². The van der Waals surface area contributed by atoms with Crippen molar-refractivity contribution in [3.05, 3.63) is 28.2 Å². The Labute approximate surface area is 101 Å². The zero-order chi connectivity index (χ0) is 11.3. The predicted molar refractivity (Wildman–Crippen MR) is 61.6 cm³/mol. The summed E-state index contributed by atoms with van der Waals surface area (Å²) < 4.78 is 5.35. The quantitative estimate of drug-likeness (QED) is 0.633. The fourth-order valence-corrected chi connectivity index (χ4v) is 2.38. The number of thioether (sulfide) groups is 1. The zero-order valence-electron chi connectivity index (χ0n) is 7.99. The van der Waals surface area contributed by atoms with Crippen LogP contribution in [-0.2, 0) is 9.53 Å². The maximum Gasteiger partial charge on any atom is 0.315 e. The van der Waals surface area contributed by atoms with E-state index in [0.717, 1.165) is 9.37 Å². The summed E-state index contributed by atoms with van der Waals surface area (Å²) in [5, 5.41) is 8.74. The van der Waals surface area contributed by atoms with Crippen LogP contribution in [0, 0.1) is 11.3 Å². The van der Waals surface area contributed by atoms with Gasteiger partial charge in [-0.2, -0.15) is 5.26 Å². The van der Waals surface area contributed by atoms with Crippen LogP contribution in [0.3, 0.4) is 0 Å². The van der Waals surface area contributed by atoms with Gasteiger partial charge in [-0.05, 0) is 18.2 Å². The van der Waals surface area contributed by atoms with Gasteiger partial charge in [0.1, 0.15) is 0 Å². The number of nitrogens with zero attached hydrogens (tertiary/aromatic N) is 1. The SMILES string of the molecule is COC(=O)CSc1cc(Br)cc(C#N)c1. The van der Waals surface area contributed by atoms with Crippen molar-refractivity contribution in [2.24, 2.45) is 0 Å². The number of nitriles is 1. The highest BCUT2D eigenvalue weighted by Gasteiger charge is 2.04. The first-order chi connectivity index (χ1) is 7.15. The minimum atomic E-state index is -0.279. The predicted octanol–water partition coefficient (Wildman–Crippen LogP) is 2.59. The summed E-state index contributed by atoms with van der Waals surface area (Å²) >= 11 is 4.64. The monoisotopic (exact) mass is 285 g/mol. The molecular weight excluding hydrogens is 278 g/mol. The summed E-state index contributed by atoms with van der Waals surface area (Å²) in [5.41, 5.74) is 0.566. The van der Waals surface area contributed by atoms with E-state index in [1.807, 2.05) is 6.07 Å². The molecule has 5 heteroatoms. The number of carbonyl (C=O) groups is 1. The fraction of sp³-hybridized carbons (Fsp3) is 0.200. The summed E-state index contributed by atoms with van der Waals surface area (Å²) in [5.74, 6) is -0.0313. The molecule has 15 heavy (non-hydrogen) atoms. The smallest absolute Gasteiger partial charge is 0.315 e. The van der Waals surface area contributed by atoms with Gasteiger partial charge >= 0.3 is 5.97 Å². The molecule has 0 atom stereocenters. The maximum absolute atomic E-state index is 10.9. The fourth-order valence-electron chi connectivity index (χ4n) is 0.912. The van der Waals surface area contributed by atoms with Gasteiger partial charge in [0.2, 0.25) is 0 Å². The number of rotatable bonds is 3. The van der Waals surface area contributed by atoms with E-state index in [-0.39, 0.29) is 11.7 Å². The lowest BCUT2D eigenvalue weighted by molar-refractivity contribution is -0.137. The molecule has 0 unspecified atom stereocenters. The van der Waals surface area contributed by atoms with Crippen LogP contribution < -0.4 is 0 Å². The molecule has 0 saturated heterocycles. The van der Waals surface area contributed by atoms with E-state index in [9.17, 15) is 4.79 Å². The minimum absolute atomic E-state index is 0.248. The highest BCUT2D eigenvalue weighted by atomic mass is 79.9. The third-order valence-electron chi connectivity index (χ3n) is 1.58. The highest BCUT2D eigenvalue weighted by molar-refractivity contribution is 9.10. The summed E-state index contributed by atoms with van der Waals surface area (Å²) in [6, 6.07) is 7.36. The van der Waals surface area contributed by atoms with Crippen LogP contribution in [0.4, 0.5) is 0 Å².